The fourth-order valence-electron chi connectivity index (χ4n) is 1.68. The van der Waals surface area contributed by atoms with Crippen molar-refractivity contribution in [1.82, 2.24) is 5.32 Å². The molecular formula is C11H20ClNO. The zero-order valence-corrected chi connectivity index (χ0v) is 9.65. The topological polar surface area (TPSA) is 21.3 Å². The molecule has 0 saturated heterocycles. The first-order chi connectivity index (χ1) is 6.83. The first-order valence-corrected chi connectivity index (χ1v) is 5.84. The normalized spacial score (nSPS) is 19.1. The van der Waals surface area contributed by atoms with Gasteiger partial charge < -0.3 is 10.1 Å². The van der Waals surface area contributed by atoms with Gasteiger partial charge in [0.1, 0.15) is 0 Å². The van der Waals surface area contributed by atoms with Crippen LogP contribution in [0.25, 0.3) is 0 Å². The average molecular weight is 218 g/mol. The number of ether oxygens (including phenoxy) is 1. The molecule has 0 atom stereocenters. The van der Waals surface area contributed by atoms with E-state index in [1.807, 2.05) is 6.92 Å². The molecule has 0 aromatic heterocycles. The Bertz CT molecular complexity index is 176. The van der Waals surface area contributed by atoms with Crippen LogP contribution in [-0.4, -0.2) is 25.8 Å². The highest BCUT2D eigenvalue weighted by molar-refractivity contribution is 6.25. The molecule has 1 N–H and O–H groups in total. The molecular weight excluding hydrogens is 198 g/mol. The second-order valence-corrected chi connectivity index (χ2v) is 4.13. The van der Waals surface area contributed by atoms with Gasteiger partial charge in [0.05, 0.1) is 12.7 Å². The van der Waals surface area contributed by atoms with E-state index in [2.05, 4.69) is 5.32 Å². The minimum atomic E-state index is 0.529. The summed E-state index contributed by atoms with van der Waals surface area (Å²) in [6.45, 7) is 4.61. The molecule has 1 rings (SSSR count). The maximum atomic E-state index is 5.70. The Morgan fingerprint density at radius 1 is 1.50 bits per heavy atom. The van der Waals surface area contributed by atoms with Crippen LogP contribution in [0, 0.1) is 0 Å². The summed E-state index contributed by atoms with van der Waals surface area (Å²) in [5, 5.41) is 3.28. The van der Waals surface area contributed by atoms with E-state index in [4.69, 9.17) is 16.3 Å². The van der Waals surface area contributed by atoms with Crippen molar-refractivity contribution >= 4 is 11.6 Å². The molecule has 1 saturated carbocycles. The van der Waals surface area contributed by atoms with Gasteiger partial charge in [0.25, 0.3) is 0 Å². The van der Waals surface area contributed by atoms with Gasteiger partial charge in [0.2, 0.25) is 0 Å². The largest absolute Gasteiger partial charge is 0.377 e. The third kappa shape index (κ3) is 4.99. The van der Waals surface area contributed by atoms with Gasteiger partial charge in [-0.3, -0.25) is 0 Å². The SMILES string of the molecule is CC(=CCl)CNCCOC1CCCC1. The van der Waals surface area contributed by atoms with E-state index >= 15 is 0 Å². The molecule has 0 aromatic rings. The van der Waals surface area contributed by atoms with E-state index in [-0.39, 0.29) is 0 Å². The molecule has 0 unspecified atom stereocenters. The Balaban J connectivity index is 1.89. The Morgan fingerprint density at radius 3 is 2.86 bits per heavy atom. The van der Waals surface area contributed by atoms with Crippen molar-refractivity contribution in [3.63, 3.8) is 0 Å². The fraction of sp³-hybridized carbons (Fsp3) is 0.818. The molecule has 82 valence electrons. The van der Waals surface area contributed by atoms with Crippen LogP contribution in [0.1, 0.15) is 32.6 Å². The molecule has 0 radical (unpaired) electrons. The lowest BCUT2D eigenvalue weighted by molar-refractivity contribution is 0.0607. The summed E-state index contributed by atoms with van der Waals surface area (Å²) >= 11 is 5.54. The smallest absolute Gasteiger partial charge is 0.0594 e. The Hall–Kier alpha value is -0.0500. The minimum Gasteiger partial charge on any atom is -0.377 e. The molecule has 0 spiro atoms. The van der Waals surface area contributed by atoms with Crippen molar-refractivity contribution in [3.05, 3.63) is 11.1 Å². The molecule has 3 heteroatoms. The average Bonchev–Trinajstić information content (AvgIpc) is 2.69. The van der Waals surface area contributed by atoms with Crippen LogP contribution in [0.2, 0.25) is 0 Å². The molecule has 0 amide bonds. The van der Waals surface area contributed by atoms with Crippen LogP contribution in [-0.2, 0) is 4.74 Å². The zero-order chi connectivity index (χ0) is 10.2. The number of rotatable bonds is 6. The van der Waals surface area contributed by atoms with Gasteiger partial charge in [-0.1, -0.05) is 24.4 Å². The highest BCUT2D eigenvalue weighted by atomic mass is 35.5. The second-order valence-electron chi connectivity index (χ2n) is 3.91. The highest BCUT2D eigenvalue weighted by Crippen LogP contribution is 2.20. The molecule has 0 aliphatic heterocycles. The predicted molar refractivity (Wildman–Crippen MR) is 60.7 cm³/mol. The number of halogens is 1. The summed E-state index contributed by atoms with van der Waals surface area (Å²) in [6.07, 6.45) is 5.71. The maximum absolute atomic E-state index is 5.70. The van der Waals surface area contributed by atoms with Crippen LogP contribution in [0.3, 0.4) is 0 Å². The van der Waals surface area contributed by atoms with Gasteiger partial charge in [-0.15, -0.1) is 0 Å². The molecule has 0 bridgehead atoms. The molecule has 1 fully saturated rings. The summed E-state index contributed by atoms with van der Waals surface area (Å²) in [4.78, 5) is 0. The first-order valence-electron chi connectivity index (χ1n) is 5.41. The van der Waals surface area contributed by atoms with E-state index in [0.717, 1.165) is 25.3 Å². The standard InChI is InChI=1S/C11H20ClNO/c1-10(8-12)9-13-6-7-14-11-4-2-3-5-11/h8,11,13H,2-7,9H2,1H3. The quantitative estimate of drug-likeness (QED) is 0.691. The highest BCUT2D eigenvalue weighted by Gasteiger charge is 2.14. The maximum Gasteiger partial charge on any atom is 0.0594 e. The Kier molecular flexibility index (Phi) is 6.24. The van der Waals surface area contributed by atoms with Crippen molar-refractivity contribution in [2.75, 3.05) is 19.7 Å². The van der Waals surface area contributed by atoms with Crippen molar-refractivity contribution in [1.29, 1.82) is 0 Å². The summed E-state index contributed by atoms with van der Waals surface area (Å²) in [6, 6.07) is 0. The molecule has 2 nitrogen and oxygen atoms in total. The van der Waals surface area contributed by atoms with E-state index < -0.39 is 0 Å². The van der Waals surface area contributed by atoms with Crippen LogP contribution in [0.15, 0.2) is 11.1 Å². The monoisotopic (exact) mass is 217 g/mol. The van der Waals surface area contributed by atoms with Crippen molar-refractivity contribution in [2.24, 2.45) is 0 Å². The second kappa shape index (κ2) is 7.27. The van der Waals surface area contributed by atoms with E-state index in [0.29, 0.717) is 6.10 Å². The van der Waals surface area contributed by atoms with E-state index in [1.54, 1.807) is 5.54 Å². The predicted octanol–water partition coefficient (Wildman–Crippen LogP) is 2.68. The number of hydrogen-bond donors (Lipinski definition) is 1. The van der Waals surface area contributed by atoms with Crippen molar-refractivity contribution in [2.45, 2.75) is 38.7 Å². The minimum absolute atomic E-state index is 0.529. The van der Waals surface area contributed by atoms with E-state index in [9.17, 15) is 0 Å². The molecule has 0 aromatic carbocycles. The zero-order valence-electron chi connectivity index (χ0n) is 8.89. The molecule has 14 heavy (non-hydrogen) atoms. The third-order valence-corrected chi connectivity index (χ3v) is 2.90. The van der Waals surface area contributed by atoms with Crippen LogP contribution < -0.4 is 5.32 Å². The van der Waals surface area contributed by atoms with Gasteiger partial charge in [-0.2, -0.15) is 0 Å². The van der Waals surface area contributed by atoms with Gasteiger partial charge in [0.15, 0.2) is 0 Å². The fourth-order valence-corrected chi connectivity index (χ4v) is 1.75. The van der Waals surface area contributed by atoms with Crippen LogP contribution in [0.5, 0.6) is 0 Å². The first kappa shape index (κ1) is 12.0. The number of hydrogen-bond acceptors (Lipinski definition) is 2. The molecule has 1 aliphatic carbocycles. The van der Waals surface area contributed by atoms with Crippen molar-refractivity contribution < 1.29 is 4.74 Å². The molecule has 0 heterocycles. The van der Waals surface area contributed by atoms with Crippen LogP contribution in [0.4, 0.5) is 0 Å². The third-order valence-electron chi connectivity index (χ3n) is 2.52. The van der Waals surface area contributed by atoms with Crippen molar-refractivity contribution in [3.8, 4) is 0 Å². The molecule has 1 aliphatic rings. The summed E-state index contributed by atoms with van der Waals surface area (Å²) in [5.41, 5.74) is 2.78. The van der Waals surface area contributed by atoms with Gasteiger partial charge >= 0.3 is 0 Å². The lowest BCUT2D eigenvalue weighted by Crippen LogP contribution is -2.23. The van der Waals surface area contributed by atoms with E-state index in [1.165, 1.54) is 25.7 Å². The Morgan fingerprint density at radius 2 is 2.21 bits per heavy atom. The lowest BCUT2D eigenvalue weighted by atomic mass is 10.3. The number of nitrogens with one attached hydrogen (secondary N) is 1. The van der Waals surface area contributed by atoms with Crippen LogP contribution >= 0.6 is 11.6 Å². The summed E-state index contributed by atoms with van der Waals surface area (Å²) in [5.74, 6) is 0. The summed E-state index contributed by atoms with van der Waals surface area (Å²) < 4.78 is 5.70. The van der Waals surface area contributed by atoms with Gasteiger partial charge in [-0.05, 0) is 25.3 Å². The lowest BCUT2D eigenvalue weighted by Gasteiger charge is -2.11. The van der Waals surface area contributed by atoms with Gasteiger partial charge in [-0.25, -0.2) is 0 Å². The van der Waals surface area contributed by atoms with Gasteiger partial charge in [0, 0.05) is 18.6 Å². The Labute approximate surface area is 91.7 Å². The summed E-state index contributed by atoms with van der Waals surface area (Å²) in [7, 11) is 0.